The molecule has 1 saturated carbocycles. The summed E-state index contributed by atoms with van der Waals surface area (Å²) in [6.07, 6.45) is 6.05. The molecule has 2 aromatic rings. The van der Waals surface area contributed by atoms with Gasteiger partial charge in [-0.25, -0.2) is 4.79 Å². The number of esters is 1. The smallest absolute Gasteiger partial charge is 0.325 e. The van der Waals surface area contributed by atoms with Crippen molar-refractivity contribution < 1.29 is 9.53 Å². The van der Waals surface area contributed by atoms with Crippen molar-refractivity contribution >= 4 is 11.8 Å². The molecule has 0 amide bonds. The van der Waals surface area contributed by atoms with E-state index < -0.39 is 0 Å². The van der Waals surface area contributed by atoms with E-state index in [0.717, 1.165) is 36.9 Å². The van der Waals surface area contributed by atoms with Gasteiger partial charge in [0.1, 0.15) is 5.84 Å². The lowest BCUT2D eigenvalue weighted by molar-refractivity contribution is -0.140. The first-order valence-electron chi connectivity index (χ1n) is 9.29. The second-order valence-electron chi connectivity index (χ2n) is 7.08. The summed E-state index contributed by atoms with van der Waals surface area (Å²) in [5.41, 5.74) is 8.35. The van der Waals surface area contributed by atoms with Gasteiger partial charge in [0.2, 0.25) is 0 Å². The van der Waals surface area contributed by atoms with Gasteiger partial charge in [0, 0.05) is 29.9 Å². The van der Waals surface area contributed by atoms with Crippen LogP contribution in [0.25, 0.3) is 0 Å². The van der Waals surface area contributed by atoms with Crippen LogP contribution in [0.1, 0.15) is 60.8 Å². The molecule has 0 unspecified atom stereocenters. The average molecular weight is 370 g/mol. The molecule has 0 radical (unpaired) electrons. The molecular formula is C20H26N4O3. The lowest BCUT2D eigenvalue weighted by Crippen LogP contribution is -2.23. The largest absolute Gasteiger partial charge is 0.469 e. The van der Waals surface area contributed by atoms with Crippen molar-refractivity contribution in [2.75, 3.05) is 7.11 Å². The Bertz CT molecular complexity index is 858. The first kappa shape index (κ1) is 18.9. The fourth-order valence-corrected chi connectivity index (χ4v) is 3.94. The van der Waals surface area contributed by atoms with E-state index in [4.69, 9.17) is 11.1 Å². The van der Waals surface area contributed by atoms with E-state index in [-0.39, 0.29) is 23.9 Å². The minimum atomic E-state index is -0.313. The number of carbonyl (C=O) groups is 1. The monoisotopic (exact) mass is 370 g/mol. The number of ether oxygens (including phenoxy) is 1. The number of H-pyrrole nitrogens is 1. The zero-order valence-corrected chi connectivity index (χ0v) is 15.5. The molecule has 144 valence electrons. The third kappa shape index (κ3) is 4.30. The highest BCUT2D eigenvalue weighted by Gasteiger charge is 2.26. The van der Waals surface area contributed by atoms with Gasteiger partial charge in [-0.3, -0.25) is 14.8 Å². The molecule has 1 aromatic heterocycles. The Morgan fingerprint density at radius 3 is 2.44 bits per heavy atom. The number of aromatic nitrogens is 2. The van der Waals surface area contributed by atoms with Crippen LogP contribution in [0.4, 0.5) is 0 Å². The number of hydrogen-bond acceptors (Lipinski definition) is 4. The van der Waals surface area contributed by atoms with Crippen LogP contribution in [0.3, 0.4) is 0 Å². The van der Waals surface area contributed by atoms with Crippen molar-refractivity contribution in [1.29, 1.82) is 5.41 Å². The Morgan fingerprint density at radius 2 is 1.85 bits per heavy atom. The van der Waals surface area contributed by atoms with Crippen LogP contribution >= 0.6 is 0 Å². The van der Waals surface area contributed by atoms with Crippen molar-refractivity contribution in [1.82, 2.24) is 9.55 Å². The molecule has 1 heterocycles. The molecule has 0 bridgehead atoms. The molecule has 1 fully saturated rings. The maximum atomic E-state index is 12.1. The predicted molar refractivity (Wildman–Crippen MR) is 103 cm³/mol. The Kier molecular flexibility index (Phi) is 5.78. The predicted octanol–water partition coefficient (Wildman–Crippen LogP) is 2.46. The summed E-state index contributed by atoms with van der Waals surface area (Å²) < 4.78 is 6.34. The van der Waals surface area contributed by atoms with Gasteiger partial charge in [-0.2, -0.15) is 0 Å². The Labute approximate surface area is 158 Å². The number of nitrogen functional groups attached to an aromatic ring is 1. The van der Waals surface area contributed by atoms with Crippen molar-refractivity contribution in [2.45, 2.75) is 50.5 Å². The maximum absolute atomic E-state index is 12.1. The van der Waals surface area contributed by atoms with Gasteiger partial charge < -0.3 is 15.5 Å². The van der Waals surface area contributed by atoms with E-state index >= 15 is 0 Å². The number of hydrogen-bond donors (Lipinski definition) is 3. The van der Waals surface area contributed by atoms with Gasteiger partial charge in [0.05, 0.1) is 13.5 Å². The summed E-state index contributed by atoms with van der Waals surface area (Å²) in [6.45, 7) is 0.344. The van der Waals surface area contributed by atoms with Crippen LogP contribution < -0.4 is 11.4 Å². The number of nitrogens with two attached hydrogens (primary N) is 1. The molecule has 0 atom stereocenters. The fraction of sp³-hybridized carbons (Fsp3) is 0.450. The second kappa shape index (κ2) is 8.24. The van der Waals surface area contributed by atoms with Crippen molar-refractivity contribution in [3.05, 3.63) is 57.8 Å². The average Bonchev–Trinajstić information content (AvgIpc) is 3.06. The highest BCUT2D eigenvalue weighted by Crippen LogP contribution is 2.40. The minimum absolute atomic E-state index is 0.0858. The Balaban J connectivity index is 1.65. The first-order chi connectivity index (χ1) is 13.0. The minimum Gasteiger partial charge on any atom is -0.469 e. The van der Waals surface area contributed by atoms with Crippen LogP contribution in [-0.4, -0.2) is 28.5 Å². The van der Waals surface area contributed by atoms with Gasteiger partial charge in [0.25, 0.3) is 0 Å². The zero-order chi connectivity index (χ0) is 19.4. The number of nitrogens with one attached hydrogen (secondary N) is 2. The third-order valence-corrected chi connectivity index (χ3v) is 5.51. The van der Waals surface area contributed by atoms with Crippen LogP contribution in [0, 0.1) is 5.41 Å². The molecule has 27 heavy (non-hydrogen) atoms. The van der Waals surface area contributed by atoms with Gasteiger partial charge in [-0.1, -0.05) is 24.3 Å². The molecule has 4 N–H and O–H groups in total. The second-order valence-corrected chi connectivity index (χ2v) is 7.08. The third-order valence-electron chi connectivity index (χ3n) is 5.51. The van der Waals surface area contributed by atoms with Crippen LogP contribution in [0.5, 0.6) is 0 Å². The van der Waals surface area contributed by atoms with E-state index in [1.165, 1.54) is 12.7 Å². The number of carbonyl (C=O) groups excluding carboxylic acids is 1. The standard InChI is InChI=1S/C20H26N4O3/c1-27-18(25)10-11-24-17(12-23-20(24)26)15-6-2-13(3-7-15)14-4-8-16(9-5-14)19(21)22/h4-5,8-9,12-13,15H,2-3,6-7,10-11H2,1H3,(H3,21,22)(H,23,26). The zero-order valence-electron chi connectivity index (χ0n) is 15.5. The van der Waals surface area contributed by atoms with E-state index in [1.54, 1.807) is 10.8 Å². The summed E-state index contributed by atoms with van der Waals surface area (Å²) in [5, 5.41) is 7.49. The van der Waals surface area contributed by atoms with Crippen LogP contribution in [0.15, 0.2) is 35.3 Å². The number of aromatic amines is 1. The fourth-order valence-electron chi connectivity index (χ4n) is 3.94. The number of imidazole rings is 1. The topological polar surface area (TPSA) is 114 Å². The van der Waals surface area contributed by atoms with Gasteiger partial charge in [-0.05, 0) is 37.2 Å². The molecule has 0 spiro atoms. The summed E-state index contributed by atoms with van der Waals surface area (Å²) in [4.78, 5) is 26.2. The summed E-state index contributed by atoms with van der Waals surface area (Å²) >= 11 is 0. The molecule has 0 aliphatic heterocycles. The van der Waals surface area contributed by atoms with Crippen LogP contribution in [0.2, 0.25) is 0 Å². The highest BCUT2D eigenvalue weighted by molar-refractivity contribution is 5.94. The van der Waals surface area contributed by atoms with E-state index in [0.29, 0.717) is 18.4 Å². The van der Waals surface area contributed by atoms with Crippen molar-refractivity contribution in [3.8, 4) is 0 Å². The molecule has 1 aliphatic rings. The number of methoxy groups -OCH3 is 1. The van der Waals surface area contributed by atoms with Gasteiger partial charge in [0.15, 0.2) is 0 Å². The van der Waals surface area contributed by atoms with E-state index in [9.17, 15) is 9.59 Å². The molecule has 1 aliphatic carbocycles. The van der Waals surface area contributed by atoms with E-state index in [1.807, 2.05) is 12.1 Å². The van der Waals surface area contributed by atoms with Gasteiger partial charge in [-0.15, -0.1) is 0 Å². The normalized spacial score (nSPS) is 19.6. The molecular weight excluding hydrogens is 344 g/mol. The SMILES string of the molecule is COC(=O)CCn1c(C2CCC(c3ccc(C(=N)N)cc3)CC2)c[nH]c1=O. The van der Waals surface area contributed by atoms with Crippen LogP contribution in [-0.2, 0) is 16.1 Å². The molecule has 7 nitrogen and oxygen atoms in total. The number of amidine groups is 1. The quantitative estimate of drug-likeness (QED) is 0.412. The molecule has 0 saturated heterocycles. The number of benzene rings is 1. The molecule has 7 heteroatoms. The lowest BCUT2D eigenvalue weighted by Gasteiger charge is -2.29. The van der Waals surface area contributed by atoms with Gasteiger partial charge >= 0.3 is 11.7 Å². The lowest BCUT2D eigenvalue weighted by atomic mass is 9.77. The maximum Gasteiger partial charge on any atom is 0.325 e. The molecule has 1 aromatic carbocycles. The van der Waals surface area contributed by atoms with Crippen molar-refractivity contribution in [2.24, 2.45) is 5.73 Å². The summed E-state index contributed by atoms with van der Waals surface area (Å²) in [5.74, 6) is 0.570. The first-order valence-corrected chi connectivity index (χ1v) is 9.29. The highest BCUT2D eigenvalue weighted by atomic mass is 16.5. The Morgan fingerprint density at radius 1 is 1.22 bits per heavy atom. The number of rotatable bonds is 6. The summed E-state index contributed by atoms with van der Waals surface area (Å²) in [7, 11) is 1.35. The number of nitrogens with zero attached hydrogens (tertiary/aromatic N) is 1. The molecule has 3 rings (SSSR count). The van der Waals surface area contributed by atoms with E-state index in [2.05, 4.69) is 21.9 Å². The Hall–Kier alpha value is -2.83. The van der Waals surface area contributed by atoms with Crippen molar-refractivity contribution in [3.63, 3.8) is 0 Å². The summed E-state index contributed by atoms with van der Waals surface area (Å²) in [6, 6.07) is 7.93.